The highest BCUT2D eigenvalue weighted by Gasteiger charge is 2.48. The van der Waals surface area contributed by atoms with Crippen molar-refractivity contribution in [2.75, 3.05) is 7.05 Å². The fraction of sp³-hybridized carbons (Fsp3) is 1.00. The number of hydroxylamine groups is 1. The zero-order chi connectivity index (χ0) is 10.9. The van der Waals surface area contributed by atoms with Crippen LogP contribution in [-0.2, 0) is 25.7 Å². The average Bonchev–Trinajstić information content (AvgIpc) is 1.83. The van der Waals surface area contributed by atoms with E-state index in [1.54, 1.807) is 0 Å². The standard InChI is InChI=1S/C2H4F3NO5S2/c1-6(12(7)8)11-13(9,10)2(3,4)5/h1H3,(H,7,8)/p-1. The minimum absolute atomic E-state index is 0.469. The molecule has 1 atom stereocenters. The van der Waals surface area contributed by atoms with E-state index in [2.05, 4.69) is 4.28 Å². The van der Waals surface area contributed by atoms with Crippen LogP contribution >= 0.6 is 0 Å². The van der Waals surface area contributed by atoms with Crippen molar-refractivity contribution in [3.8, 4) is 0 Å². The van der Waals surface area contributed by atoms with Crippen LogP contribution in [0.2, 0.25) is 0 Å². The van der Waals surface area contributed by atoms with Crippen molar-refractivity contribution in [1.29, 1.82) is 0 Å². The SMILES string of the molecule is CN(OS(=O)(=O)C(F)(F)F)S(=O)[O-]. The molecule has 0 bridgehead atoms. The Morgan fingerprint density at radius 2 is 1.85 bits per heavy atom. The fourth-order valence-electron chi connectivity index (χ4n) is 0.205. The van der Waals surface area contributed by atoms with Gasteiger partial charge in [0.2, 0.25) is 0 Å². The molecule has 0 aliphatic rings. The zero-order valence-corrected chi connectivity index (χ0v) is 7.57. The molecule has 0 fully saturated rings. The molecule has 11 heteroatoms. The summed E-state index contributed by atoms with van der Waals surface area (Å²) in [6, 6.07) is 0. The smallest absolute Gasteiger partial charge is 0.524 e. The van der Waals surface area contributed by atoms with Gasteiger partial charge in [0.1, 0.15) is 0 Å². The van der Waals surface area contributed by atoms with Crippen LogP contribution in [-0.4, -0.2) is 34.2 Å². The molecule has 0 saturated carbocycles. The van der Waals surface area contributed by atoms with Crippen LogP contribution in [0, 0.1) is 0 Å². The second-order valence-electron chi connectivity index (χ2n) is 1.63. The molecule has 0 radical (unpaired) electrons. The van der Waals surface area contributed by atoms with E-state index in [0.717, 1.165) is 0 Å². The Bertz CT molecular complexity index is 295. The summed E-state index contributed by atoms with van der Waals surface area (Å²) in [5, 5.41) is 0. The molecule has 0 aromatic carbocycles. The Morgan fingerprint density at radius 1 is 1.46 bits per heavy atom. The van der Waals surface area contributed by atoms with Gasteiger partial charge >= 0.3 is 15.6 Å². The van der Waals surface area contributed by atoms with E-state index in [1.807, 2.05) is 0 Å². The molecule has 0 spiro atoms. The maximum absolute atomic E-state index is 11.5. The summed E-state index contributed by atoms with van der Waals surface area (Å²) in [7, 11) is -5.42. The van der Waals surface area contributed by atoms with Crippen molar-refractivity contribution in [2.45, 2.75) is 5.51 Å². The third kappa shape index (κ3) is 3.56. The molecule has 0 amide bonds. The molecule has 0 saturated heterocycles. The Morgan fingerprint density at radius 3 is 2.08 bits per heavy atom. The molecular formula is C2H3F3NO5S2-. The van der Waals surface area contributed by atoms with Crippen LogP contribution < -0.4 is 0 Å². The van der Waals surface area contributed by atoms with Gasteiger partial charge in [-0.15, -0.1) is 4.47 Å². The van der Waals surface area contributed by atoms with Gasteiger partial charge in [-0.1, -0.05) is 0 Å². The average molecular weight is 242 g/mol. The van der Waals surface area contributed by atoms with Gasteiger partial charge in [-0.05, 0) is 0 Å². The quantitative estimate of drug-likeness (QED) is 0.378. The molecule has 0 aliphatic heterocycles. The molecule has 6 nitrogen and oxygen atoms in total. The second kappa shape index (κ2) is 3.88. The Hall–Kier alpha value is -0.230. The van der Waals surface area contributed by atoms with Gasteiger partial charge in [-0.25, -0.2) is 0 Å². The number of halogens is 3. The number of rotatable bonds is 3. The fourth-order valence-corrected chi connectivity index (χ4v) is 1.01. The van der Waals surface area contributed by atoms with Crippen LogP contribution in [0.15, 0.2) is 0 Å². The van der Waals surface area contributed by atoms with Gasteiger partial charge in [-0.3, -0.25) is 4.21 Å². The first-order valence-electron chi connectivity index (χ1n) is 2.42. The van der Waals surface area contributed by atoms with Crippen LogP contribution in [0.1, 0.15) is 0 Å². The number of alkyl halides is 3. The Kier molecular flexibility index (Phi) is 3.81. The summed E-state index contributed by atoms with van der Waals surface area (Å²) < 4.78 is 77.2. The highest BCUT2D eigenvalue weighted by Crippen LogP contribution is 2.25. The molecule has 0 heterocycles. The third-order valence-corrected chi connectivity index (χ3v) is 2.27. The van der Waals surface area contributed by atoms with E-state index in [1.165, 1.54) is 0 Å². The summed E-state index contributed by atoms with van der Waals surface area (Å²) in [6.07, 6.45) is 0. The van der Waals surface area contributed by atoms with E-state index >= 15 is 0 Å². The monoisotopic (exact) mass is 242 g/mol. The first-order chi connectivity index (χ1) is 5.58. The normalized spacial score (nSPS) is 16.2. The minimum Gasteiger partial charge on any atom is -0.758 e. The van der Waals surface area contributed by atoms with Crippen LogP contribution in [0.5, 0.6) is 0 Å². The summed E-state index contributed by atoms with van der Waals surface area (Å²) >= 11 is -3.21. The lowest BCUT2D eigenvalue weighted by Crippen LogP contribution is -2.33. The molecule has 1 unspecified atom stereocenters. The van der Waals surface area contributed by atoms with Gasteiger partial charge in [0.15, 0.2) is 0 Å². The summed E-state index contributed by atoms with van der Waals surface area (Å²) in [4.78, 5) is 0. The lowest BCUT2D eigenvalue weighted by molar-refractivity contribution is -0.0690. The zero-order valence-electron chi connectivity index (χ0n) is 5.94. The van der Waals surface area contributed by atoms with Gasteiger partial charge in [0.05, 0.1) is 0 Å². The summed E-state index contributed by atoms with van der Waals surface area (Å²) in [5.74, 6) is 0. The Labute approximate surface area is 73.8 Å². The van der Waals surface area contributed by atoms with Crippen molar-refractivity contribution in [3.05, 3.63) is 0 Å². The van der Waals surface area contributed by atoms with E-state index in [-0.39, 0.29) is 0 Å². The molecule has 0 aliphatic carbocycles. The lowest BCUT2D eigenvalue weighted by Gasteiger charge is -2.18. The molecule has 0 aromatic heterocycles. The summed E-state index contributed by atoms with van der Waals surface area (Å²) in [5.41, 5.74) is -5.65. The van der Waals surface area contributed by atoms with E-state index in [9.17, 15) is 30.4 Å². The third-order valence-electron chi connectivity index (χ3n) is 0.696. The summed E-state index contributed by atoms with van der Waals surface area (Å²) in [6.45, 7) is 0. The maximum Gasteiger partial charge on any atom is 0.524 e. The molecule has 80 valence electrons. The molecule has 0 N–H and O–H groups in total. The predicted molar refractivity (Wildman–Crippen MR) is 32.7 cm³/mol. The van der Waals surface area contributed by atoms with Gasteiger partial charge in [0, 0.05) is 18.3 Å². The van der Waals surface area contributed by atoms with Gasteiger partial charge in [-0.2, -0.15) is 25.9 Å². The van der Waals surface area contributed by atoms with Crippen molar-refractivity contribution in [3.63, 3.8) is 0 Å². The van der Waals surface area contributed by atoms with Gasteiger partial charge < -0.3 is 4.55 Å². The number of hydrogen-bond donors (Lipinski definition) is 0. The second-order valence-corrected chi connectivity index (χ2v) is 4.10. The minimum atomic E-state index is -5.91. The van der Waals surface area contributed by atoms with Crippen molar-refractivity contribution in [2.24, 2.45) is 0 Å². The van der Waals surface area contributed by atoms with E-state index in [0.29, 0.717) is 7.05 Å². The highest BCUT2D eigenvalue weighted by atomic mass is 32.2. The largest absolute Gasteiger partial charge is 0.758 e. The topological polar surface area (TPSA) is 86.7 Å². The molecule has 0 rings (SSSR count). The van der Waals surface area contributed by atoms with Crippen molar-refractivity contribution >= 4 is 21.4 Å². The van der Waals surface area contributed by atoms with E-state index in [4.69, 9.17) is 0 Å². The first kappa shape index (κ1) is 12.8. The van der Waals surface area contributed by atoms with E-state index < -0.39 is 31.4 Å². The molecule has 13 heavy (non-hydrogen) atoms. The number of hydrogen-bond acceptors (Lipinski definition) is 5. The lowest BCUT2D eigenvalue weighted by atomic mass is 11.5. The maximum atomic E-state index is 11.5. The molecular weight excluding hydrogens is 239 g/mol. The van der Waals surface area contributed by atoms with Crippen molar-refractivity contribution < 1.29 is 34.6 Å². The van der Waals surface area contributed by atoms with Crippen molar-refractivity contribution in [1.82, 2.24) is 4.47 Å². The van der Waals surface area contributed by atoms with Crippen LogP contribution in [0.3, 0.4) is 0 Å². The van der Waals surface area contributed by atoms with Crippen LogP contribution in [0.4, 0.5) is 13.2 Å². The Balaban J connectivity index is 4.64. The van der Waals surface area contributed by atoms with Crippen LogP contribution in [0.25, 0.3) is 0 Å². The first-order valence-corrected chi connectivity index (χ1v) is 4.86. The molecule has 0 aromatic rings. The predicted octanol–water partition coefficient (Wildman–Crippen LogP) is -0.507. The van der Waals surface area contributed by atoms with Gasteiger partial charge in [0.25, 0.3) is 0 Å². The highest BCUT2D eigenvalue weighted by molar-refractivity contribution is 7.88. The number of nitrogens with zero attached hydrogens (tertiary/aromatic N) is 1.